The Labute approximate surface area is 723 Å². The van der Waals surface area contributed by atoms with E-state index in [1.165, 1.54) is 143 Å². The molecule has 0 heterocycles. The number of ketones is 2. The summed E-state index contributed by atoms with van der Waals surface area (Å²) in [7, 11) is -20.0. The van der Waals surface area contributed by atoms with Crippen molar-refractivity contribution in [1.29, 1.82) is 0 Å². The minimum atomic E-state index is -5.08. The maximum Gasteiger partial charge on any atom is 0.425 e. The molecule has 0 fully saturated rings. The second-order valence-electron chi connectivity index (χ2n) is 26.5. The number of Topliss-reactive ketones (excluding diaryl/α,β-unsaturated/α-hetero) is 2. The van der Waals surface area contributed by atoms with E-state index in [4.69, 9.17) is 46.3 Å². The fourth-order valence-corrected chi connectivity index (χ4v) is 14.8. The molecule has 0 aromatic heterocycles. The highest BCUT2D eigenvalue weighted by molar-refractivity contribution is 7.94. The third-order valence-corrected chi connectivity index (χ3v) is 21.7. The summed E-state index contributed by atoms with van der Waals surface area (Å²) in [5.41, 5.74) is 3.31. The van der Waals surface area contributed by atoms with Gasteiger partial charge in [-0.1, -0.05) is 23.2 Å². The smallest absolute Gasteiger partial charge is 0.425 e. The normalized spacial score (nSPS) is 12.4. The Morgan fingerprint density at radius 1 is 0.413 bits per heavy atom. The third kappa shape index (κ3) is 27.0. The number of hydrogen-bond acceptors (Lipinski definition) is 35. The van der Waals surface area contributed by atoms with E-state index in [-0.39, 0.29) is 146 Å². The molecule has 126 heavy (non-hydrogen) atoms. The van der Waals surface area contributed by atoms with E-state index in [1.54, 1.807) is 38.1 Å². The first-order chi connectivity index (χ1) is 59.5. The molecule has 0 aliphatic heterocycles. The second kappa shape index (κ2) is 43.0. The Kier molecular flexibility index (Phi) is 33.0. The monoisotopic (exact) mass is 1850 g/mol. The van der Waals surface area contributed by atoms with Gasteiger partial charge in [0.2, 0.25) is 12.1 Å². The lowest BCUT2D eigenvalue weighted by atomic mass is 10.1. The molecule has 48 heteroatoms. The molecule has 0 aliphatic rings. The van der Waals surface area contributed by atoms with Crippen molar-refractivity contribution in [2.75, 3.05) is 75.1 Å². The third-order valence-electron chi connectivity index (χ3n) is 17.5. The summed E-state index contributed by atoms with van der Waals surface area (Å²) in [5.74, 6) is -4.05. The number of anilines is 4. The molecule has 10 aromatic rings. The van der Waals surface area contributed by atoms with Crippen LogP contribution in [0.4, 0.5) is 56.9 Å². The molecule has 4 amide bonds. The van der Waals surface area contributed by atoms with Gasteiger partial charge in [-0.15, -0.1) is 17.0 Å². The molecule has 2 atom stereocenters. The van der Waals surface area contributed by atoms with Crippen molar-refractivity contribution in [2.24, 2.45) is 40.9 Å². The molecule has 0 spiro atoms. The van der Waals surface area contributed by atoms with Crippen molar-refractivity contribution in [1.82, 2.24) is 0 Å². The molecule has 0 bridgehead atoms. The first-order valence-electron chi connectivity index (χ1n) is 36.1. The van der Waals surface area contributed by atoms with Gasteiger partial charge in [0.25, 0.3) is 64.1 Å². The number of nitrogens with zero attached hydrogens (tertiary/aromatic N) is 8. The Morgan fingerprint density at radius 3 is 1.24 bits per heavy atom. The summed E-state index contributed by atoms with van der Waals surface area (Å²) in [6, 6.07) is 33.6. The number of ether oxygens (including phenoxy) is 6. The number of nitrogens with one attached hydrogen (secondary N) is 4. The van der Waals surface area contributed by atoms with Crippen LogP contribution in [0.25, 0.3) is 21.5 Å². The van der Waals surface area contributed by atoms with E-state index in [1.807, 2.05) is 6.92 Å². The van der Waals surface area contributed by atoms with Gasteiger partial charge in [0.1, 0.15) is 50.9 Å². The summed E-state index contributed by atoms with van der Waals surface area (Å²) in [4.78, 5) is 77.6. The zero-order valence-electron chi connectivity index (χ0n) is 67.0. The molecule has 10 rings (SSSR count). The van der Waals surface area contributed by atoms with Crippen molar-refractivity contribution < 1.29 is 136 Å². The van der Waals surface area contributed by atoms with Gasteiger partial charge >= 0.3 is 10.6 Å². The molecular weight excluding hydrogens is 1780 g/mol. The Hall–Kier alpha value is -13.1. The predicted molar refractivity (Wildman–Crippen MR) is 450 cm³/mol. The molecule has 2 unspecified atom stereocenters. The van der Waals surface area contributed by atoms with Gasteiger partial charge in [-0.05, 0) is 202 Å². The van der Waals surface area contributed by atoms with E-state index in [9.17, 15) is 80.6 Å². The lowest BCUT2D eigenvalue weighted by Crippen LogP contribution is -2.32. The van der Waals surface area contributed by atoms with Crippen molar-refractivity contribution in [3.63, 3.8) is 0 Å². The molecule has 10 aromatic carbocycles. The average Bonchev–Trinajstić information content (AvgIpc) is 0.766. The number of azo groups is 4. The summed E-state index contributed by atoms with van der Waals surface area (Å²) in [6.07, 6.45) is 0. The number of hydrogen-bond donors (Lipinski definition) is 9. The molecule has 9 N–H and O–H groups in total. The second-order valence-corrected chi connectivity index (χ2v) is 33.3. The van der Waals surface area contributed by atoms with Gasteiger partial charge in [-0.25, -0.2) is 5.26 Å². The predicted octanol–water partition coefficient (Wildman–Crippen LogP) is 13.8. The number of carbonyl (C=O) groups is 6. The lowest BCUT2D eigenvalue weighted by Gasteiger charge is -2.16. The molecule has 42 nitrogen and oxygen atoms in total. The largest absolute Gasteiger partial charge is 0.495 e. The molecular formula is C78H74N12O30S6. The molecule has 662 valence electrons. The molecule has 0 radical (unpaired) electrons. The maximum absolute atomic E-state index is 14.0. The Morgan fingerprint density at radius 2 is 0.817 bits per heavy atom. The quantitative estimate of drug-likeness (QED) is 0.00330. The van der Waals surface area contributed by atoms with Crippen LogP contribution in [0.1, 0.15) is 56.8 Å². The van der Waals surface area contributed by atoms with Gasteiger partial charge in [0.15, 0.2) is 11.6 Å². The topological polar surface area (TPSA) is 612 Å². The van der Waals surface area contributed by atoms with Gasteiger partial charge in [-0.2, -0.15) is 74.6 Å². The van der Waals surface area contributed by atoms with Crippen LogP contribution in [0, 0.1) is 27.7 Å². The number of rotatable bonds is 38. The van der Waals surface area contributed by atoms with E-state index < -0.39 is 118 Å². The SMILES string of the molecule is COc1ccc(C)cc1NC(=O)C(N=Nc1ccc(C(=O)Nc2cc(C)c(N=Nc3ccc4cc(SOOO)cc(S(=O)(=O)O)c4c3)cc2OCCOCCOCCOc2cc(N=Nc3ccc4cc(S(=O)(=O)O)cc(S(=O)(=O)O)c4c3)c(C)cc2NC(=O)c2ccc(N=NC(C(C)=O)C(=O)Nc3cc(C)c(S(=O)(=O)O)cc3OC)cc2)cc1)C(C)=O.O=S(=O)=O. The number of fused-ring (bicyclic) bond motifs is 2. The van der Waals surface area contributed by atoms with Crippen LogP contribution in [0.3, 0.4) is 0 Å². The lowest BCUT2D eigenvalue weighted by molar-refractivity contribution is -0.432. The zero-order chi connectivity index (χ0) is 92.1. The van der Waals surface area contributed by atoms with Crippen LogP contribution < -0.4 is 40.2 Å². The highest BCUT2D eigenvalue weighted by Gasteiger charge is 2.29. The number of aryl methyl sites for hydroxylation is 4. The molecule has 0 saturated heterocycles. The Balaban J connectivity index is 0.00000439. The Bertz CT molecular complexity index is 6620. The summed E-state index contributed by atoms with van der Waals surface area (Å²) < 4.78 is 202. The zero-order valence-corrected chi connectivity index (χ0v) is 71.9. The minimum Gasteiger partial charge on any atom is -0.495 e. The summed E-state index contributed by atoms with van der Waals surface area (Å²) in [5, 5.41) is 56.7. The van der Waals surface area contributed by atoms with Crippen molar-refractivity contribution in [3.8, 4) is 23.0 Å². The van der Waals surface area contributed by atoms with Crippen LogP contribution in [0.2, 0.25) is 0 Å². The van der Waals surface area contributed by atoms with Crippen molar-refractivity contribution in [3.05, 3.63) is 197 Å². The average molecular weight is 1850 g/mol. The fraction of sp³-hybridized carbons (Fsp3) is 0.205. The van der Waals surface area contributed by atoms with Crippen LogP contribution in [-0.2, 0) is 89.1 Å². The summed E-state index contributed by atoms with van der Waals surface area (Å²) >= 11 is 0.471. The standard InChI is InChI=1S/C78H74N12O27S5.O3S/c1-42-9-22-66(110-7)62(29-42)81-77(95)73(46(5)91)89-83-52-16-10-48(11-17-52)75(93)79-64-30-43(2)60(87-85-54-20-14-50-33-56(118-117-116-97)37-71(58(50)35-54)121(104,105)106)39-68(64)114-27-25-112-23-24-113-26-28-115-69-40-61(88-86-55-21-15-51-34-57(119(98,99)100)38-72(59(51)36-55)122(107,108)109)44(3)31-65(69)80-76(94)49-12-18-53(19-13-49)84-90-74(47(6)92)78(96)82-63-32-45(4)70(120(101,102)103)41-67(63)111-8;1-4(2)3/h9-22,29-41,73-74,97H,23-28H2,1-8H3,(H,79,93)(H,80,94)(H,81,95)(H,82,96)(H,98,99,100)(H,101,102,103)(H,104,105,106)(H,107,108,109);. The van der Waals surface area contributed by atoms with E-state index in [0.29, 0.717) is 46.1 Å². The van der Waals surface area contributed by atoms with Gasteiger partial charge in [0.05, 0.1) is 114 Å². The van der Waals surface area contributed by atoms with Gasteiger partial charge in [0, 0.05) is 45.0 Å². The van der Waals surface area contributed by atoms with E-state index in [0.717, 1.165) is 30.7 Å². The fourth-order valence-electron chi connectivity index (χ4n) is 11.5. The van der Waals surface area contributed by atoms with E-state index >= 15 is 0 Å². The van der Waals surface area contributed by atoms with Gasteiger partial charge < -0.3 is 49.7 Å². The highest BCUT2D eigenvalue weighted by atomic mass is 32.2. The van der Waals surface area contributed by atoms with Gasteiger partial charge in [-0.3, -0.25) is 47.0 Å². The van der Waals surface area contributed by atoms with Crippen molar-refractivity contribution in [2.45, 2.75) is 78.1 Å². The highest BCUT2D eigenvalue weighted by Crippen LogP contribution is 2.40. The van der Waals surface area contributed by atoms with Crippen LogP contribution in [0.15, 0.2) is 229 Å². The number of amides is 4. The van der Waals surface area contributed by atoms with Crippen LogP contribution in [0.5, 0.6) is 23.0 Å². The van der Waals surface area contributed by atoms with Crippen molar-refractivity contribution >= 4 is 177 Å². The summed E-state index contributed by atoms with van der Waals surface area (Å²) in [6.45, 7) is 8.28. The van der Waals surface area contributed by atoms with E-state index in [2.05, 4.69) is 71.6 Å². The number of carbonyl (C=O) groups excluding carboxylic acids is 6. The molecule has 0 aliphatic carbocycles. The number of benzene rings is 10. The minimum absolute atomic E-state index is 0.00313. The number of methoxy groups -OCH3 is 2. The van der Waals surface area contributed by atoms with Crippen LogP contribution in [-0.4, -0.2) is 171 Å². The molecule has 0 saturated carbocycles. The first kappa shape index (κ1) is 96.8. The van der Waals surface area contributed by atoms with Crippen LogP contribution >= 0.6 is 12.0 Å². The first-order valence-corrected chi connectivity index (χ1v) is 43.6. The maximum atomic E-state index is 14.0.